The second-order valence-corrected chi connectivity index (χ2v) is 4.97. The molecule has 1 N–H and O–H groups in total. The van der Waals surface area contributed by atoms with Gasteiger partial charge >= 0.3 is 0 Å². The number of hydrogen-bond acceptors (Lipinski definition) is 3. The molecule has 0 unspecified atom stereocenters. The zero-order chi connectivity index (χ0) is 13.1. The van der Waals surface area contributed by atoms with Crippen LogP contribution in [0.5, 0.6) is 0 Å². The van der Waals surface area contributed by atoms with Gasteiger partial charge in [-0.05, 0) is 37.1 Å². The largest absolute Gasteiger partial charge is 0.444 e. The molecule has 0 bridgehead atoms. The summed E-state index contributed by atoms with van der Waals surface area (Å²) >= 11 is 0. The van der Waals surface area contributed by atoms with Crippen molar-refractivity contribution in [2.75, 3.05) is 6.54 Å². The van der Waals surface area contributed by atoms with Crippen LogP contribution in [-0.2, 0) is 6.42 Å². The highest BCUT2D eigenvalue weighted by Gasteiger charge is 2.19. The minimum atomic E-state index is -0.214. The summed E-state index contributed by atoms with van der Waals surface area (Å²) in [7, 11) is 0. The number of benzene rings is 1. The average Bonchev–Trinajstić information content (AvgIpc) is 2.91. The molecule has 0 radical (unpaired) electrons. The third kappa shape index (κ3) is 3.01. The van der Waals surface area contributed by atoms with Gasteiger partial charge < -0.3 is 9.73 Å². The first kappa shape index (κ1) is 12.4. The molecule has 100 valence electrons. The predicted octanol–water partition coefficient (Wildman–Crippen LogP) is 3.22. The van der Waals surface area contributed by atoms with Crippen molar-refractivity contribution in [3.05, 3.63) is 53.5 Å². The SMILES string of the molecule is Fc1ccc(Cc2cnc([C@@H]3CCCCN3)o2)cc1. The minimum Gasteiger partial charge on any atom is -0.444 e. The lowest BCUT2D eigenvalue weighted by Gasteiger charge is -2.20. The van der Waals surface area contributed by atoms with Gasteiger partial charge in [-0.3, -0.25) is 0 Å². The molecule has 2 heterocycles. The molecule has 3 nitrogen and oxygen atoms in total. The smallest absolute Gasteiger partial charge is 0.211 e. The molecule has 4 heteroatoms. The van der Waals surface area contributed by atoms with E-state index in [2.05, 4.69) is 10.3 Å². The summed E-state index contributed by atoms with van der Waals surface area (Å²) < 4.78 is 18.6. The van der Waals surface area contributed by atoms with Gasteiger partial charge in [0, 0.05) is 6.42 Å². The lowest BCUT2D eigenvalue weighted by molar-refractivity contribution is 0.331. The fraction of sp³-hybridized carbons (Fsp3) is 0.400. The Morgan fingerprint density at radius 3 is 2.84 bits per heavy atom. The minimum absolute atomic E-state index is 0.214. The fourth-order valence-electron chi connectivity index (χ4n) is 2.43. The van der Waals surface area contributed by atoms with Crippen molar-refractivity contribution in [2.24, 2.45) is 0 Å². The number of piperidine rings is 1. The third-order valence-corrected chi connectivity index (χ3v) is 3.47. The Morgan fingerprint density at radius 1 is 1.26 bits per heavy atom. The van der Waals surface area contributed by atoms with Crippen LogP contribution >= 0.6 is 0 Å². The van der Waals surface area contributed by atoms with E-state index in [-0.39, 0.29) is 11.9 Å². The fourth-order valence-corrected chi connectivity index (χ4v) is 2.43. The van der Waals surface area contributed by atoms with Crippen LogP contribution in [-0.4, -0.2) is 11.5 Å². The summed E-state index contributed by atoms with van der Waals surface area (Å²) in [6.07, 6.45) is 5.94. The Hall–Kier alpha value is -1.68. The van der Waals surface area contributed by atoms with E-state index >= 15 is 0 Å². The van der Waals surface area contributed by atoms with Gasteiger partial charge in [-0.2, -0.15) is 0 Å². The maximum atomic E-state index is 12.8. The summed E-state index contributed by atoms with van der Waals surface area (Å²) in [5.41, 5.74) is 1.03. The molecular weight excluding hydrogens is 243 g/mol. The molecule has 0 amide bonds. The standard InChI is InChI=1S/C15H17FN2O/c16-12-6-4-11(5-7-12)9-13-10-18-15(19-13)14-3-1-2-8-17-14/h4-7,10,14,17H,1-3,8-9H2/t14-/m0/s1. The lowest BCUT2D eigenvalue weighted by Crippen LogP contribution is -2.26. The number of hydrogen-bond donors (Lipinski definition) is 1. The van der Waals surface area contributed by atoms with E-state index in [1.54, 1.807) is 18.3 Å². The lowest BCUT2D eigenvalue weighted by atomic mass is 10.1. The monoisotopic (exact) mass is 260 g/mol. The van der Waals surface area contributed by atoms with Crippen molar-refractivity contribution < 1.29 is 8.81 Å². The summed E-state index contributed by atoms with van der Waals surface area (Å²) in [5.74, 6) is 1.39. The van der Waals surface area contributed by atoms with E-state index in [1.807, 2.05) is 0 Å². The topological polar surface area (TPSA) is 38.1 Å². The van der Waals surface area contributed by atoms with Crippen LogP contribution in [0.3, 0.4) is 0 Å². The van der Waals surface area contributed by atoms with E-state index in [0.29, 0.717) is 6.42 Å². The molecule has 0 spiro atoms. The quantitative estimate of drug-likeness (QED) is 0.920. The second kappa shape index (κ2) is 5.53. The first-order valence-corrected chi connectivity index (χ1v) is 6.74. The predicted molar refractivity (Wildman–Crippen MR) is 70.3 cm³/mol. The van der Waals surface area contributed by atoms with Crippen LogP contribution in [0.4, 0.5) is 4.39 Å². The Morgan fingerprint density at radius 2 is 2.11 bits per heavy atom. The highest BCUT2D eigenvalue weighted by molar-refractivity contribution is 5.20. The molecule has 1 aliphatic rings. The second-order valence-electron chi connectivity index (χ2n) is 4.97. The molecule has 1 aliphatic heterocycles. The first-order chi connectivity index (χ1) is 9.31. The number of nitrogens with one attached hydrogen (secondary N) is 1. The van der Waals surface area contributed by atoms with E-state index in [1.165, 1.54) is 25.0 Å². The number of halogens is 1. The van der Waals surface area contributed by atoms with Crippen molar-refractivity contribution in [2.45, 2.75) is 31.7 Å². The van der Waals surface area contributed by atoms with E-state index < -0.39 is 0 Å². The molecular formula is C15H17FN2O. The van der Waals surface area contributed by atoms with E-state index in [0.717, 1.165) is 30.2 Å². The Labute approximate surface area is 111 Å². The molecule has 19 heavy (non-hydrogen) atoms. The van der Waals surface area contributed by atoms with Crippen LogP contribution < -0.4 is 5.32 Å². The summed E-state index contributed by atoms with van der Waals surface area (Å²) in [6.45, 7) is 1.03. The maximum absolute atomic E-state index is 12.8. The Kier molecular flexibility index (Phi) is 3.60. The first-order valence-electron chi connectivity index (χ1n) is 6.74. The molecule has 1 saturated heterocycles. The zero-order valence-electron chi connectivity index (χ0n) is 10.7. The van der Waals surface area contributed by atoms with Crippen LogP contribution in [0.25, 0.3) is 0 Å². The van der Waals surface area contributed by atoms with Crippen LogP contribution in [0, 0.1) is 5.82 Å². The van der Waals surface area contributed by atoms with Gasteiger partial charge in [-0.15, -0.1) is 0 Å². The summed E-state index contributed by atoms with van der Waals surface area (Å²) in [5, 5.41) is 3.41. The van der Waals surface area contributed by atoms with Crippen LogP contribution in [0.2, 0.25) is 0 Å². The number of aromatic nitrogens is 1. The van der Waals surface area contributed by atoms with Crippen molar-refractivity contribution in [1.82, 2.24) is 10.3 Å². The summed E-state index contributed by atoms with van der Waals surface area (Å²) in [4.78, 5) is 4.35. The molecule has 1 aromatic carbocycles. The Bertz CT molecular complexity index is 529. The van der Waals surface area contributed by atoms with Crippen molar-refractivity contribution in [3.63, 3.8) is 0 Å². The third-order valence-electron chi connectivity index (χ3n) is 3.47. The van der Waals surface area contributed by atoms with Crippen molar-refractivity contribution >= 4 is 0 Å². The van der Waals surface area contributed by atoms with E-state index in [9.17, 15) is 4.39 Å². The molecule has 2 aromatic rings. The normalized spacial score (nSPS) is 19.5. The van der Waals surface area contributed by atoms with Gasteiger partial charge in [-0.1, -0.05) is 18.6 Å². The van der Waals surface area contributed by atoms with Crippen LogP contribution in [0.1, 0.15) is 42.5 Å². The maximum Gasteiger partial charge on any atom is 0.211 e. The van der Waals surface area contributed by atoms with Gasteiger partial charge in [0.2, 0.25) is 5.89 Å². The van der Waals surface area contributed by atoms with Gasteiger partial charge in [0.05, 0.1) is 12.2 Å². The number of nitrogens with zero attached hydrogens (tertiary/aromatic N) is 1. The van der Waals surface area contributed by atoms with Crippen molar-refractivity contribution in [1.29, 1.82) is 0 Å². The number of oxazole rings is 1. The van der Waals surface area contributed by atoms with E-state index in [4.69, 9.17) is 4.42 Å². The Balaban J connectivity index is 1.68. The highest BCUT2D eigenvalue weighted by Crippen LogP contribution is 2.23. The van der Waals surface area contributed by atoms with Gasteiger partial charge in [0.1, 0.15) is 11.6 Å². The van der Waals surface area contributed by atoms with Gasteiger partial charge in [0.15, 0.2) is 0 Å². The molecule has 1 fully saturated rings. The molecule has 0 saturated carbocycles. The molecule has 1 aromatic heterocycles. The summed E-state index contributed by atoms with van der Waals surface area (Å²) in [6, 6.07) is 6.73. The van der Waals surface area contributed by atoms with Crippen LogP contribution in [0.15, 0.2) is 34.9 Å². The van der Waals surface area contributed by atoms with Gasteiger partial charge in [0.25, 0.3) is 0 Å². The molecule has 1 atom stereocenters. The molecule has 3 rings (SSSR count). The zero-order valence-corrected chi connectivity index (χ0v) is 10.7. The molecule has 0 aliphatic carbocycles. The van der Waals surface area contributed by atoms with Crippen molar-refractivity contribution in [3.8, 4) is 0 Å². The average molecular weight is 260 g/mol. The highest BCUT2D eigenvalue weighted by atomic mass is 19.1. The number of rotatable bonds is 3. The van der Waals surface area contributed by atoms with Gasteiger partial charge in [-0.25, -0.2) is 9.37 Å².